The molecule has 1 aliphatic heterocycles. The third-order valence-corrected chi connectivity index (χ3v) is 3.95. The van der Waals surface area contributed by atoms with Crippen molar-refractivity contribution in [1.29, 1.82) is 0 Å². The van der Waals surface area contributed by atoms with Gasteiger partial charge in [-0.05, 0) is 18.6 Å². The summed E-state index contributed by atoms with van der Waals surface area (Å²) in [5, 5.41) is 2.92. The number of benzene rings is 1. The third kappa shape index (κ3) is 2.80. The van der Waals surface area contributed by atoms with Crippen LogP contribution in [0.3, 0.4) is 0 Å². The Balaban J connectivity index is 2.24. The molecule has 20 heavy (non-hydrogen) atoms. The lowest BCUT2D eigenvalue weighted by Crippen LogP contribution is -2.33. The Morgan fingerprint density at radius 3 is 2.40 bits per heavy atom. The van der Waals surface area contributed by atoms with Gasteiger partial charge in [0.25, 0.3) is 0 Å². The van der Waals surface area contributed by atoms with Gasteiger partial charge in [0.2, 0.25) is 0 Å². The second kappa shape index (κ2) is 4.78. The van der Waals surface area contributed by atoms with E-state index in [4.69, 9.17) is 0 Å². The normalized spacial score (nSPS) is 23.5. The predicted octanol–water partition coefficient (Wildman–Crippen LogP) is 2.26. The van der Waals surface area contributed by atoms with E-state index in [2.05, 4.69) is 9.50 Å². The first-order valence-electron chi connectivity index (χ1n) is 5.67. The van der Waals surface area contributed by atoms with Gasteiger partial charge < -0.3 is 4.18 Å². The number of alkyl halides is 3. The van der Waals surface area contributed by atoms with Gasteiger partial charge >= 0.3 is 15.6 Å². The van der Waals surface area contributed by atoms with Crippen LogP contribution >= 0.6 is 0 Å². The van der Waals surface area contributed by atoms with Crippen molar-refractivity contribution in [2.24, 2.45) is 0 Å². The molecule has 0 bridgehead atoms. The lowest BCUT2D eigenvalue weighted by atomic mass is 9.93. The van der Waals surface area contributed by atoms with E-state index in [-0.39, 0.29) is 12.3 Å². The molecule has 110 valence electrons. The molecule has 1 aliphatic rings. The lowest BCUT2D eigenvalue weighted by molar-refractivity contribution is -0.0522. The van der Waals surface area contributed by atoms with Crippen LogP contribution in [0.5, 0.6) is 0 Å². The van der Waals surface area contributed by atoms with E-state index in [1.54, 1.807) is 37.3 Å². The van der Waals surface area contributed by atoms with E-state index in [9.17, 15) is 21.6 Å². The fraction of sp³-hybridized carbons (Fsp3) is 0.333. The van der Waals surface area contributed by atoms with Gasteiger partial charge in [-0.3, -0.25) is 5.32 Å². The summed E-state index contributed by atoms with van der Waals surface area (Å²) >= 11 is 0. The van der Waals surface area contributed by atoms with E-state index in [1.807, 2.05) is 0 Å². The van der Waals surface area contributed by atoms with Crippen LogP contribution in [0, 0.1) is 0 Å². The highest BCUT2D eigenvalue weighted by molar-refractivity contribution is 7.87. The molecule has 0 saturated carbocycles. The highest BCUT2D eigenvalue weighted by Crippen LogP contribution is 2.32. The zero-order valence-corrected chi connectivity index (χ0v) is 11.3. The van der Waals surface area contributed by atoms with Gasteiger partial charge in [0.05, 0.1) is 12.1 Å². The first kappa shape index (κ1) is 14.9. The van der Waals surface area contributed by atoms with Gasteiger partial charge in [0.15, 0.2) is 0 Å². The first-order chi connectivity index (χ1) is 9.14. The second-order valence-electron chi connectivity index (χ2n) is 4.52. The summed E-state index contributed by atoms with van der Waals surface area (Å²) in [7, 11) is -5.62. The maximum Gasteiger partial charge on any atom is 0.534 e. The molecule has 0 fully saturated rings. The number of hydrogen-bond donors (Lipinski definition) is 1. The van der Waals surface area contributed by atoms with Gasteiger partial charge in [-0.25, -0.2) is 0 Å². The van der Waals surface area contributed by atoms with Gasteiger partial charge in [0, 0.05) is 0 Å². The molecule has 4 nitrogen and oxygen atoms in total. The lowest BCUT2D eigenvalue weighted by Gasteiger charge is -2.22. The number of halogens is 3. The Kier molecular flexibility index (Phi) is 3.55. The van der Waals surface area contributed by atoms with Crippen molar-refractivity contribution in [2.75, 3.05) is 6.54 Å². The molecule has 8 heteroatoms. The Bertz CT molecular complexity index is 625. The van der Waals surface area contributed by atoms with Crippen molar-refractivity contribution in [3.05, 3.63) is 47.7 Å². The van der Waals surface area contributed by atoms with Crippen molar-refractivity contribution in [3.8, 4) is 0 Å². The quantitative estimate of drug-likeness (QED) is 0.687. The van der Waals surface area contributed by atoms with Crippen LogP contribution in [0.25, 0.3) is 0 Å². The molecule has 1 unspecified atom stereocenters. The van der Waals surface area contributed by atoms with Crippen LogP contribution in [-0.2, 0) is 19.8 Å². The molecule has 0 aliphatic carbocycles. The predicted molar refractivity (Wildman–Crippen MR) is 65.9 cm³/mol. The summed E-state index contributed by atoms with van der Waals surface area (Å²) in [5.74, 6) is -0.270. The van der Waals surface area contributed by atoms with Crippen LogP contribution in [0.15, 0.2) is 42.2 Å². The molecule has 0 saturated heterocycles. The monoisotopic (exact) mass is 307 g/mol. The Hall–Kier alpha value is -1.54. The van der Waals surface area contributed by atoms with Crippen molar-refractivity contribution in [1.82, 2.24) is 5.32 Å². The standard InChI is InChI=1S/C12H12F3NO3S/c1-11(9-5-3-2-4-6-9)7-10(8-16-11)19-20(17,18)12(13,14)15/h2-7,16H,8H2,1H3. The average Bonchev–Trinajstić information content (AvgIpc) is 2.71. The van der Waals surface area contributed by atoms with Gasteiger partial charge in [-0.1, -0.05) is 30.3 Å². The minimum atomic E-state index is -5.62. The smallest absolute Gasteiger partial charge is 0.379 e. The first-order valence-corrected chi connectivity index (χ1v) is 7.08. The molecule has 1 N–H and O–H groups in total. The van der Waals surface area contributed by atoms with E-state index in [0.717, 1.165) is 5.56 Å². The third-order valence-electron chi connectivity index (χ3n) is 2.95. The van der Waals surface area contributed by atoms with E-state index in [1.165, 1.54) is 6.08 Å². The van der Waals surface area contributed by atoms with Gasteiger partial charge in [0.1, 0.15) is 5.76 Å². The summed E-state index contributed by atoms with van der Waals surface area (Å²) in [5.41, 5.74) is -5.40. The largest absolute Gasteiger partial charge is 0.534 e. The summed E-state index contributed by atoms with van der Waals surface area (Å²) in [6, 6.07) is 8.93. The maximum absolute atomic E-state index is 12.2. The molecule has 1 heterocycles. The zero-order chi connectivity index (χ0) is 15.0. The molecular weight excluding hydrogens is 295 g/mol. The van der Waals surface area contributed by atoms with Gasteiger partial charge in [-0.2, -0.15) is 21.6 Å². The van der Waals surface area contributed by atoms with Gasteiger partial charge in [-0.15, -0.1) is 0 Å². The number of rotatable bonds is 3. The minimum Gasteiger partial charge on any atom is -0.379 e. The van der Waals surface area contributed by atoms with Crippen molar-refractivity contribution < 1.29 is 25.8 Å². The fourth-order valence-corrected chi connectivity index (χ4v) is 2.39. The maximum atomic E-state index is 12.2. The van der Waals surface area contributed by atoms with Crippen LogP contribution in [0.1, 0.15) is 12.5 Å². The number of hydrogen-bond acceptors (Lipinski definition) is 4. The zero-order valence-electron chi connectivity index (χ0n) is 10.4. The Labute approximate surface area is 114 Å². The van der Waals surface area contributed by atoms with Crippen LogP contribution in [0.2, 0.25) is 0 Å². The summed E-state index contributed by atoms with van der Waals surface area (Å²) in [6.45, 7) is 1.62. The summed E-state index contributed by atoms with van der Waals surface area (Å²) in [6.07, 6.45) is 1.34. The molecule has 0 spiro atoms. The van der Waals surface area contributed by atoms with Crippen molar-refractivity contribution >= 4 is 10.1 Å². The van der Waals surface area contributed by atoms with E-state index < -0.39 is 21.2 Å². The van der Waals surface area contributed by atoms with Crippen molar-refractivity contribution in [2.45, 2.75) is 18.0 Å². The minimum absolute atomic E-state index is 0.0965. The average molecular weight is 307 g/mol. The Morgan fingerprint density at radius 2 is 1.85 bits per heavy atom. The molecule has 1 atom stereocenters. The summed E-state index contributed by atoms with van der Waals surface area (Å²) < 4.78 is 62.7. The van der Waals surface area contributed by atoms with Crippen LogP contribution in [0.4, 0.5) is 13.2 Å². The SMILES string of the molecule is CC1(c2ccccc2)C=C(OS(=O)(=O)C(F)(F)F)CN1. The van der Waals surface area contributed by atoms with E-state index >= 15 is 0 Å². The highest BCUT2D eigenvalue weighted by atomic mass is 32.2. The molecular formula is C12H12F3NO3S. The van der Waals surface area contributed by atoms with Crippen molar-refractivity contribution in [3.63, 3.8) is 0 Å². The molecule has 1 aromatic rings. The molecule has 1 aromatic carbocycles. The highest BCUT2D eigenvalue weighted by Gasteiger charge is 2.49. The second-order valence-corrected chi connectivity index (χ2v) is 6.05. The molecule has 0 aromatic heterocycles. The number of nitrogens with one attached hydrogen (secondary N) is 1. The molecule has 0 amide bonds. The summed E-state index contributed by atoms with van der Waals surface area (Å²) in [4.78, 5) is 0. The fourth-order valence-electron chi connectivity index (χ4n) is 1.91. The molecule has 0 radical (unpaired) electrons. The Morgan fingerprint density at radius 1 is 1.25 bits per heavy atom. The van der Waals surface area contributed by atoms with E-state index in [0.29, 0.717) is 0 Å². The van der Waals surface area contributed by atoms with Crippen LogP contribution < -0.4 is 5.32 Å². The molecule has 2 rings (SSSR count). The van der Waals surface area contributed by atoms with Crippen LogP contribution in [-0.4, -0.2) is 20.5 Å². The topological polar surface area (TPSA) is 55.4 Å².